The van der Waals surface area contributed by atoms with Gasteiger partial charge in [0.25, 0.3) is 5.91 Å². The molecule has 10 nitrogen and oxygen atoms in total. The van der Waals surface area contributed by atoms with E-state index in [2.05, 4.69) is 32.7 Å². The minimum atomic E-state index is -1.07. The summed E-state index contributed by atoms with van der Waals surface area (Å²) in [6, 6.07) is 3.27. The third-order valence-electron chi connectivity index (χ3n) is 6.67. The monoisotopic (exact) mass is 529 g/mol. The van der Waals surface area contributed by atoms with Crippen LogP contribution in [0.4, 0.5) is 5.82 Å². The molecule has 0 saturated carbocycles. The predicted octanol–water partition coefficient (Wildman–Crippen LogP) is 3.66. The number of fused-ring (bicyclic) bond motifs is 1. The number of aryl methyl sites for hydroxylation is 2. The summed E-state index contributed by atoms with van der Waals surface area (Å²) in [7, 11) is 0. The van der Waals surface area contributed by atoms with Gasteiger partial charge in [0.05, 0.1) is 6.61 Å². The lowest BCUT2D eigenvalue weighted by molar-refractivity contribution is -0.139. The van der Waals surface area contributed by atoms with Gasteiger partial charge in [-0.25, -0.2) is 14.8 Å². The Bertz CT molecular complexity index is 1050. The van der Waals surface area contributed by atoms with Crippen molar-refractivity contribution >= 4 is 17.7 Å². The molecule has 0 radical (unpaired) electrons. The predicted molar refractivity (Wildman–Crippen MR) is 146 cm³/mol. The molecular formula is C28H43N5O5. The van der Waals surface area contributed by atoms with Crippen LogP contribution in [0.2, 0.25) is 0 Å². The fourth-order valence-electron chi connectivity index (χ4n) is 4.56. The van der Waals surface area contributed by atoms with Crippen molar-refractivity contribution in [3.05, 3.63) is 41.2 Å². The number of aliphatic carboxylic acids is 1. The van der Waals surface area contributed by atoms with Crippen LogP contribution in [0.3, 0.4) is 0 Å². The summed E-state index contributed by atoms with van der Waals surface area (Å²) in [5.41, 5.74) is 2.08. The number of unbranched alkanes of at least 4 members (excludes halogenated alkanes) is 1. The van der Waals surface area contributed by atoms with Crippen molar-refractivity contribution < 1.29 is 23.8 Å². The number of oxazole rings is 1. The molecular weight excluding hydrogens is 486 g/mol. The number of hydrogen-bond donors (Lipinski definition) is 3. The largest absolute Gasteiger partial charge is 0.480 e. The van der Waals surface area contributed by atoms with Crippen LogP contribution in [-0.2, 0) is 27.8 Å². The molecule has 0 aliphatic carbocycles. The van der Waals surface area contributed by atoms with Gasteiger partial charge in [-0.15, -0.1) is 0 Å². The highest BCUT2D eigenvalue weighted by Crippen LogP contribution is 2.25. The van der Waals surface area contributed by atoms with Crippen LogP contribution in [0.15, 0.2) is 22.9 Å². The average Bonchev–Trinajstić information content (AvgIpc) is 3.39. The summed E-state index contributed by atoms with van der Waals surface area (Å²) in [6.45, 7) is 11.9. The van der Waals surface area contributed by atoms with Gasteiger partial charge in [-0.3, -0.25) is 4.79 Å². The minimum absolute atomic E-state index is 0.128. The van der Waals surface area contributed by atoms with Crippen molar-refractivity contribution in [2.45, 2.75) is 77.7 Å². The maximum absolute atomic E-state index is 12.8. The second kappa shape index (κ2) is 14.2. The first-order chi connectivity index (χ1) is 18.2. The number of amides is 1. The number of aromatic nitrogens is 2. The Morgan fingerprint density at radius 3 is 2.79 bits per heavy atom. The minimum Gasteiger partial charge on any atom is -0.480 e. The number of hydrogen-bond acceptors (Lipinski definition) is 8. The molecule has 0 saturated heterocycles. The molecule has 0 fully saturated rings. The SMILES string of the molecule is CCOCCN(CCCCc1ccc2c(n1)NCCC2)CCC(NC(=O)c1ncoc1C(C)(C)C)C(=O)O. The summed E-state index contributed by atoms with van der Waals surface area (Å²) in [6.07, 6.45) is 6.56. The molecule has 1 amide bonds. The summed E-state index contributed by atoms with van der Waals surface area (Å²) in [5, 5.41) is 15.8. The molecule has 3 N–H and O–H groups in total. The quantitative estimate of drug-likeness (QED) is 0.296. The van der Waals surface area contributed by atoms with Crippen molar-refractivity contribution in [2.24, 2.45) is 0 Å². The number of carbonyl (C=O) groups excluding carboxylic acids is 1. The molecule has 0 spiro atoms. The average molecular weight is 530 g/mol. The topological polar surface area (TPSA) is 130 Å². The molecule has 38 heavy (non-hydrogen) atoms. The zero-order valence-corrected chi connectivity index (χ0v) is 23.2. The number of carboxylic acid groups (broad SMARTS) is 1. The van der Waals surface area contributed by atoms with Crippen molar-refractivity contribution in [2.75, 3.05) is 44.7 Å². The molecule has 1 atom stereocenters. The normalized spacial score (nSPS) is 14.1. The van der Waals surface area contributed by atoms with Crippen molar-refractivity contribution in [3.8, 4) is 0 Å². The Morgan fingerprint density at radius 2 is 2.05 bits per heavy atom. The second-order valence-electron chi connectivity index (χ2n) is 10.8. The van der Waals surface area contributed by atoms with Gasteiger partial charge < -0.3 is 29.8 Å². The van der Waals surface area contributed by atoms with Gasteiger partial charge >= 0.3 is 5.97 Å². The van der Waals surface area contributed by atoms with E-state index < -0.39 is 23.3 Å². The van der Waals surface area contributed by atoms with Gasteiger partial charge in [0.1, 0.15) is 17.6 Å². The smallest absolute Gasteiger partial charge is 0.326 e. The molecule has 0 aromatic carbocycles. The fourth-order valence-corrected chi connectivity index (χ4v) is 4.56. The second-order valence-corrected chi connectivity index (χ2v) is 10.8. The van der Waals surface area contributed by atoms with Crippen LogP contribution >= 0.6 is 0 Å². The van der Waals surface area contributed by atoms with Crippen molar-refractivity contribution in [3.63, 3.8) is 0 Å². The molecule has 1 aliphatic rings. The summed E-state index contributed by atoms with van der Waals surface area (Å²) < 4.78 is 11.0. The van der Waals surface area contributed by atoms with E-state index in [9.17, 15) is 14.7 Å². The van der Waals surface area contributed by atoms with E-state index >= 15 is 0 Å². The summed E-state index contributed by atoms with van der Waals surface area (Å²) in [5.74, 6) is -0.157. The molecule has 210 valence electrons. The van der Waals surface area contributed by atoms with Crippen LogP contribution in [0.25, 0.3) is 0 Å². The third-order valence-corrected chi connectivity index (χ3v) is 6.67. The van der Waals surface area contributed by atoms with Gasteiger partial charge in [0.15, 0.2) is 12.1 Å². The summed E-state index contributed by atoms with van der Waals surface area (Å²) in [4.78, 5) is 35.8. The number of nitrogens with one attached hydrogen (secondary N) is 2. The maximum Gasteiger partial charge on any atom is 0.326 e. The number of anilines is 1. The van der Waals surface area contributed by atoms with Crippen LogP contribution in [0.5, 0.6) is 0 Å². The number of carbonyl (C=O) groups is 2. The van der Waals surface area contributed by atoms with Crippen molar-refractivity contribution in [1.82, 2.24) is 20.2 Å². The molecule has 3 heterocycles. The first-order valence-corrected chi connectivity index (χ1v) is 13.7. The first kappa shape index (κ1) is 29.6. The van der Waals surface area contributed by atoms with E-state index in [1.807, 2.05) is 27.7 Å². The Balaban J connectivity index is 1.52. The highest BCUT2D eigenvalue weighted by atomic mass is 16.5. The number of ether oxygens (including phenoxy) is 1. The Morgan fingerprint density at radius 1 is 1.24 bits per heavy atom. The lowest BCUT2D eigenvalue weighted by Crippen LogP contribution is -2.44. The number of nitrogens with zero attached hydrogens (tertiary/aromatic N) is 3. The highest BCUT2D eigenvalue weighted by Gasteiger charge is 2.29. The van der Waals surface area contributed by atoms with Crippen LogP contribution < -0.4 is 10.6 Å². The first-order valence-electron chi connectivity index (χ1n) is 13.7. The third kappa shape index (κ3) is 8.80. The van der Waals surface area contributed by atoms with E-state index in [4.69, 9.17) is 14.1 Å². The molecule has 1 aliphatic heterocycles. The van der Waals surface area contributed by atoms with Gasteiger partial charge in [-0.05, 0) is 63.6 Å². The van der Waals surface area contributed by atoms with E-state index in [-0.39, 0.29) is 12.1 Å². The van der Waals surface area contributed by atoms with Gasteiger partial charge in [-0.2, -0.15) is 0 Å². The highest BCUT2D eigenvalue weighted by molar-refractivity contribution is 5.96. The summed E-state index contributed by atoms with van der Waals surface area (Å²) >= 11 is 0. The van der Waals surface area contributed by atoms with E-state index in [1.54, 1.807) is 0 Å². The lowest BCUT2D eigenvalue weighted by atomic mass is 9.91. The van der Waals surface area contributed by atoms with E-state index in [0.717, 1.165) is 56.7 Å². The van der Waals surface area contributed by atoms with Gasteiger partial charge in [0, 0.05) is 37.4 Å². The van der Waals surface area contributed by atoms with Crippen LogP contribution in [0.1, 0.15) is 80.9 Å². The molecule has 0 bridgehead atoms. The standard InChI is InChI=1S/C28H43N5O5/c1-5-37-18-17-33(15-7-6-10-21-12-11-20-9-8-14-29-25(20)31-21)16-13-22(27(35)36)32-26(34)23-24(28(2,3)4)38-19-30-23/h11-12,19,22H,5-10,13-18H2,1-4H3,(H,29,31)(H,32,34)(H,35,36). The van der Waals surface area contributed by atoms with E-state index in [1.165, 1.54) is 12.0 Å². The van der Waals surface area contributed by atoms with Crippen molar-refractivity contribution in [1.29, 1.82) is 0 Å². The van der Waals surface area contributed by atoms with Crippen LogP contribution in [0, 0.1) is 0 Å². The number of rotatable bonds is 15. The zero-order chi connectivity index (χ0) is 27.5. The maximum atomic E-state index is 12.8. The Kier molecular flexibility index (Phi) is 11.1. The van der Waals surface area contributed by atoms with Gasteiger partial charge in [-0.1, -0.05) is 26.8 Å². The molecule has 10 heteroatoms. The van der Waals surface area contributed by atoms with E-state index in [0.29, 0.717) is 32.1 Å². The zero-order valence-electron chi connectivity index (χ0n) is 23.2. The lowest BCUT2D eigenvalue weighted by Gasteiger charge is -2.24. The Hall–Kier alpha value is -2.98. The fraction of sp³-hybridized carbons (Fsp3) is 0.643. The number of pyridine rings is 1. The Labute approximate surface area is 225 Å². The van der Waals surface area contributed by atoms with Crippen LogP contribution in [-0.4, -0.2) is 77.3 Å². The number of carboxylic acids is 1. The van der Waals surface area contributed by atoms with Gasteiger partial charge in [0.2, 0.25) is 0 Å². The molecule has 1 unspecified atom stereocenters. The molecule has 2 aromatic rings. The molecule has 3 rings (SSSR count). The molecule has 2 aromatic heterocycles.